The highest BCUT2D eigenvalue weighted by atomic mass is 19.1. The van der Waals surface area contributed by atoms with Gasteiger partial charge >= 0.3 is 0 Å². The van der Waals surface area contributed by atoms with Crippen LogP contribution in [0.5, 0.6) is 0 Å². The van der Waals surface area contributed by atoms with E-state index in [4.69, 9.17) is 7.10 Å². The summed E-state index contributed by atoms with van der Waals surface area (Å²) < 4.78 is 23.0. The van der Waals surface area contributed by atoms with Gasteiger partial charge in [-0.1, -0.05) is 18.2 Å². The molecule has 2 aromatic rings. The highest BCUT2D eigenvalue weighted by Crippen LogP contribution is 2.32. The third kappa shape index (κ3) is 3.38. The molecule has 4 rings (SSSR count). The lowest BCUT2D eigenvalue weighted by molar-refractivity contribution is -0.136. The van der Waals surface area contributed by atoms with Crippen molar-refractivity contribution in [2.24, 2.45) is 5.73 Å². The maximum absolute atomic E-state index is 14.5. The average molecular weight is 411 g/mol. The first-order chi connectivity index (χ1) is 14.7. The average Bonchev–Trinajstić information content (AvgIpc) is 3.08. The van der Waals surface area contributed by atoms with Crippen molar-refractivity contribution in [2.75, 3.05) is 5.32 Å². The quantitative estimate of drug-likeness (QED) is 0.641. The Bertz CT molecular complexity index is 1140. The maximum atomic E-state index is 14.5. The molecule has 2 aliphatic heterocycles. The van der Waals surface area contributed by atoms with Gasteiger partial charge in [0.15, 0.2) is 0 Å². The summed E-state index contributed by atoms with van der Waals surface area (Å²) >= 11 is 0. The van der Waals surface area contributed by atoms with E-state index in [-0.39, 0.29) is 37.1 Å². The number of anilines is 1. The minimum Gasteiger partial charge on any atom is -0.381 e. The molecule has 2 aromatic carbocycles. The predicted molar refractivity (Wildman–Crippen MR) is 105 cm³/mol. The third-order valence-electron chi connectivity index (χ3n) is 5.21. The molecule has 1 fully saturated rings. The molecule has 0 spiro atoms. The lowest BCUT2D eigenvalue weighted by atomic mass is 10.0. The van der Waals surface area contributed by atoms with Crippen molar-refractivity contribution in [3.05, 3.63) is 64.5 Å². The number of amides is 4. The van der Waals surface area contributed by atoms with Crippen LogP contribution in [0.1, 0.15) is 46.1 Å². The third-order valence-corrected chi connectivity index (χ3v) is 5.21. The molecule has 0 unspecified atom stereocenters. The van der Waals surface area contributed by atoms with Crippen LogP contribution in [0.25, 0.3) is 0 Å². The highest BCUT2D eigenvalue weighted by Gasteiger charge is 2.39. The zero-order valence-corrected chi connectivity index (χ0v) is 15.8. The smallest absolute Gasteiger partial charge is 0.255 e. The Hall–Kier alpha value is -3.75. The molecule has 0 aromatic heterocycles. The van der Waals surface area contributed by atoms with Crippen molar-refractivity contribution in [3.63, 3.8) is 0 Å². The number of fused-ring (bicyclic) bond motifs is 1. The lowest BCUT2D eigenvalue weighted by Gasteiger charge is -2.29. The fraction of sp³-hybridized carbons (Fsp3) is 0.238. The van der Waals surface area contributed by atoms with Gasteiger partial charge in [0.25, 0.3) is 11.8 Å². The summed E-state index contributed by atoms with van der Waals surface area (Å²) in [4.78, 5) is 49.2. The van der Waals surface area contributed by atoms with Crippen LogP contribution in [0, 0.1) is 5.82 Å². The number of imide groups is 1. The Balaban J connectivity index is 1.59. The number of benzene rings is 2. The van der Waals surface area contributed by atoms with E-state index in [9.17, 15) is 23.6 Å². The van der Waals surface area contributed by atoms with E-state index < -0.39 is 35.5 Å². The molecule has 30 heavy (non-hydrogen) atoms. The Labute approximate surface area is 172 Å². The van der Waals surface area contributed by atoms with Crippen LogP contribution in [0.3, 0.4) is 0 Å². The van der Waals surface area contributed by atoms with Crippen molar-refractivity contribution in [1.29, 1.82) is 0 Å². The number of nitrogens with one attached hydrogen (secondary N) is 2. The zero-order chi connectivity index (χ0) is 22.3. The fourth-order valence-corrected chi connectivity index (χ4v) is 3.68. The summed E-state index contributed by atoms with van der Waals surface area (Å²) in [5.74, 6) is -3.38. The van der Waals surface area contributed by atoms with Crippen LogP contribution in [-0.2, 0) is 22.7 Å². The van der Waals surface area contributed by atoms with Gasteiger partial charge in [0.05, 0.1) is 6.93 Å². The largest absolute Gasteiger partial charge is 0.381 e. The van der Waals surface area contributed by atoms with Crippen molar-refractivity contribution < 1.29 is 24.9 Å². The van der Waals surface area contributed by atoms with Gasteiger partial charge in [-0.25, -0.2) is 4.39 Å². The van der Waals surface area contributed by atoms with Crippen molar-refractivity contribution in [1.82, 2.24) is 10.2 Å². The minimum atomic E-state index is -1.89. The molecule has 8 nitrogen and oxygen atoms in total. The Morgan fingerprint density at radius 1 is 1.27 bits per heavy atom. The van der Waals surface area contributed by atoms with E-state index in [1.54, 1.807) is 18.2 Å². The molecule has 0 saturated carbocycles. The summed E-state index contributed by atoms with van der Waals surface area (Å²) in [6.45, 7) is 0.0187. The standard InChI is InChI=1S/C21H19FN4O4/c22-18-11(3-1-5-13(18)19(23)28)9-24-15-6-2-4-12-14(15)10-26(21(12)30)16-7-8-17(27)25-20(16)29/h1-6,16,24H,7-10H2,(H2,23,28)(H,25,27,29)/t16-/m0/s1/i16D. The van der Waals surface area contributed by atoms with Crippen LogP contribution >= 0.6 is 0 Å². The molecule has 1 saturated heterocycles. The van der Waals surface area contributed by atoms with Crippen LogP contribution in [0.4, 0.5) is 10.1 Å². The van der Waals surface area contributed by atoms with Crippen molar-refractivity contribution >= 4 is 29.3 Å². The Morgan fingerprint density at radius 2 is 2.03 bits per heavy atom. The van der Waals surface area contributed by atoms with Gasteiger partial charge in [0.2, 0.25) is 11.8 Å². The van der Waals surface area contributed by atoms with Gasteiger partial charge in [0, 0.05) is 41.9 Å². The molecule has 2 heterocycles. The van der Waals surface area contributed by atoms with Gasteiger partial charge in [-0.3, -0.25) is 24.5 Å². The first kappa shape index (κ1) is 18.3. The number of hydrogen-bond acceptors (Lipinski definition) is 5. The monoisotopic (exact) mass is 411 g/mol. The van der Waals surface area contributed by atoms with Gasteiger partial charge in [0.1, 0.15) is 11.8 Å². The maximum Gasteiger partial charge on any atom is 0.255 e. The van der Waals surface area contributed by atoms with Gasteiger partial charge < -0.3 is 16.0 Å². The summed E-state index contributed by atoms with van der Waals surface area (Å²) in [6, 6.07) is 7.37. The van der Waals surface area contributed by atoms with Crippen LogP contribution in [0.2, 0.25) is 0 Å². The number of piperidine rings is 1. The minimum absolute atomic E-state index is 0.00768. The van der Waals surface area contributed by atoms with E-state index in [0.717, 1.165) is 4.90 Å². The number of nitrogens with zero attached hydrogens (tertiary/aromatic N) is 1. The van der Waals surface area contributed by atoms with E-state index in [1.165, 1.54) is 18.2 Å². The molecule has 4 N–H and O–H groups in total. The first-order valence-electron chi connectivity index (χ1n) is 9.81. The second-order valence-electron chi connectivity index (χ2n) is 7.04. The lowest BCUT2D eigenvalue weighted by Crippen LogP contribution is -2.52. The molecule has 4 amide bonds. The first-order valence-corrected chi connectivity index (χ1v) is 9.31. The molecular formula is C21H19FN4O4. The molecule has 2 aliphatic rings. The molecule has 154 valence electrons. The van der Waals surface area contributed by atoms with E-state index in [2.05, 4.69) is 10.6 Å². The van der Waals surface area contributed by atoms with E-state index in [1.807, 2.05) is 0 Å². The van der Waals surface area contributed by atoms with Crippen molar-refractivity contribution in [3.8, 4) is 0 Å². The second-order valence-corrected chi connectivity index (χ2v) is 7.04. The molecule has 0 aliphatic carbocycles. The highest BCUT2D eigenvalue weighted by molar-refractivity contribution is 6.06. The molecular weight excluding hydrogens is 391 g/mol. The molecule has 0 bridgehead atoms. The number of nitrogens with two attached hydrogens (primary N) is 1. The number of rotatable bonds is 5. The number of halogens is 1. The zero-order valence-electron chi connectivity index (χ0n) is 16.8. The molecule has 0 radical (unpaired) electrons. The Kier molecular flexibility index (Phi) is 4.62. The predicted octanol–water partition coefficient (Wildman–Crippen LogP) is 1.30. The number of hydrogen-bond donors (Lipinski definition) is 3. The van der Waals surface area contributed by atoms with E-state index >= 15 is 0 Å². The SMILES string of the molecule is [2H][C@]1(N2Cc3c(NCc4cccc(C(N)=O)c4F)cccc3C2=O)CCC(=O)NC1=O. The van der Waals surface area contributed by atoms with Gasteiger partial charge in [-0.2, -0.15) is 0 Å². The topological polar surface area (TPSA) is 122 Å². The number of carbonyl (C=O) groups is 4. The van der Waals surface area contributed by atoms with Gasteiger partial charge in [-0.15, -0.1) is 0 Å². The summed E-state index contributed by atoms with van der Waals surface area (Å²) in [6.07, 6.45) is -0.124. The summed E-state index contributed by atoms with van der Waals surface area (Å²) in [5, 5.41) is 5.18. The van der Waals surface area contributed by atoms with Crippen LogP contribution < -0.4 is 16.4 Å². The molecule has 9 heteroatoms. The molecule has 1 atom stereocenters. The van der Waals surface area contributed by atoms with Crippen LogP contribution in [-0.4, -0.2) is 34.5 Å². The van der Waals surface area contributed by atoms with E-state index in [0.29, 0.717) is 16.8 Å². The second kappa shape index (κ2) is 7.58. The number of primary amides is 1. The normalized spacial score (nSPS) is 21.2. The summed E-state index contributed by atoms with van der Waals surface area (Å²) in [5.41, 5.74) is 6.62. The van der Waals surface area contributed by atoms with Crippen LogP contribution in [0.15, 0.2) is 36.4 Å². The van der Waals surface area contributed by atoms with Gasteiger partial charge in [-0.05, 0) is 24.6 Å². The fourth-order valence-electron chi connectivity index (χ4n) is 3.68. The summed E-state index contributed by atoms with van der Waals surface area (Å²) in [7, 11) is 0. The Morgan fingerprint density at radius 3 is 2.77 bits per heavy atom. The number of carbonyl (C=O) groups excluding carboxylic acids is 4. The van der Waals surface area contributed by atoms with Crippen molar-refractivity contribution in [2.45, 2.75) is 31.9 Å².